The number of aryl methyl sites for hydroxylation is 1. The number of nitrogens with one attached hydrogen (secondary N) is 2. The fourth-order valence-electron chi connectivity index (χ4n) is 2.81. The number of carbonyl (C=O) groups excluding carboxylic acids is 1. The van der Waals surface area contributed by atoms with E-state index in [0.717, 1.165) is 47.1 Å². The molecule has 1 aliphatic rings. The monoisotopic (exact) mass is 520 g/mol. The van der Waals surface area contributed by atoms with Gasteiger partial charge in [0.05, 0.1) is 22.1 Å². The van der Waals surface area contributed by atoms with Crippen LogP contribution in [0.25, 0.3) is 0 Å². The Balaban J connectivity index is 1.64. The van der Waals surface area contributed by atoms with E-state index in [4.69, 9.17) is 0 Å². The van der Waals surface area contributed by atoms with Gasteiger partial charge in [-0.1, -0.05) is 0 Å². The highest BCUT2D eigenvalue weighted by Gasteiger charge is 2.29. The lowest BCUT2D eigenvalue weighted by atomic mass is 10.3. The van der Waals surface area contributed by atoms with Crippen molar-refractivity contribution in [2.24, 2.45) is 0 Å². The van der Waals surface area contributed by atoms with Gasteiger partial charge in [-0.15, -0.1) is 11.3 Å². The molecule has 32 heavy (non-hydrogen) atoms. The van der Waals surface area contributed by atoms with Crippen molar-refractivity contribution in [1.29, 1.82) is 0 Å². The Bertz CT molecular complexity index is 1220. The molecule has 0 radical (unpaired) electrons. The summed E-state index contributed by atoms with van der Waals surface area (Å²) in [5, 5.41) is 13.2. The van der Waals surface area contributed by atoms with Gasteiger partial charge in [-0.2, -0.15) is 16.1 Å². The Hall–Kier alpha value is -2.04. The molecule has 0 unspecified atom stereocenters. The van der Waals surface area contributed by atoms with E-state index in [1.54, 1.807) is 18.7 Å². The molecule has 1 fully saturated rings. The molecule has 11 nitrogen and oxygen atoms in total. The minimum Gasteiger partial charge on any atom is -0.324 e. The predicted octanol–water partition coefficient (Wildman–Crippen LogP) is 1.62. The molecule has 2 aromatic rings. The fourth-order valence-corrected chi connectivity index (χ4v) is 7.92. The van der Waals surface area contributed by atoms with Crippen molar-refractivity contribution in [3.8, 4) is 0 Å². The van der Waals surface area contributed by atoms with Crippen LogP contribution in [0.5, 0.6) is 0 Å². The molecule has 0 bridgehead atoms. The van der Waals surface area contributed by atoms with E-state index in [2.05, 4.69) is 10.0 Å². The van der Waals surface area contributed by atoms with Gasteiger partial charge in [0, 0.05) is 41.6 Å². The minimum absolute atomic E-state index is 0.115. The third-order valence-electron chi connectivity index (χ3n) is 4.51. The van der Waals surface area contributed by atoms with E-state index in [0.29, 0.717) is 23.7 Å². The first kappa shape index (κ1) is 24.6. The van der Waals surface area contributed by atoms with Gasteiger partial charge in [-0.05, 0) is 25.1 Å². The zero-order valence-corrected chi connectivity index (χ0v) is 20.1. The van der Waals surface area contributed by atoms with Crippen molar-refractivity contribution in [1.82, 2.24) is 9.03 Å². The average molecular weight is 521 g/mol. The van der Waals surface area contributed by atoms with Crippen molar-refractivity contribution in [3.63, 3.8) is 0 Å². The summed E-state index contributed by atoms with van der Waals surface area (Å²) in [5.41, 5.74) is 0.0307. The summed E-state index contributed by atoms with van der Waals surface area (Å²) in [6, 6.07) is 5.60. The molecule has 15 heteroatoms. The molecule has 2 heterocycles. The fraction of sp³-hybridized carbons (Fsp3) is 0.353. The summed E-state index contributed by atoms with van der Waals surface area (Å²) in [5.74, 6) is 0.763. The number of nitrogens with zero attached hydrogens (tertiary/aromatic N) is 2. The summed E-state index contributed by atoms with van der Waals surface area (Å²) in [4.78, 5) is 22.6. The van der Waals surface area contributed by atoms with Gasteiger partial charge in [0.2, 0.25) is 15.9 Å². The highest BCUT2D eigenvalue weighted by molar-refractivity contribution is 7.99. The van der Waals surface area contributed by atoms with Crippen LogP contribution >= 0.6 is 23.1 Å². The van der Waals surface area contributed by atoms with Gasteiger partial charge in [0.25, 0.3) is 15.7 Å². The van der Waals surface area contributed by atoms with E-state index >= 15 is 0 Å². The van der Waals surface area contributed by atoms with Crippen LogP contribution in [0.4, 0.5) is 11.4 Å². The quantitative estimate of drug-likeness (QED) is 0.393. The Labute approximate surface area is 193 Å². The summed E-state index contributed by atoms with van der Waals surface area (Å²) in [7, 11) is -7.72. The first-order valence-electron chi connectivity index (χ1n) is 9.23. The Morgan fingerprint density at radius 3 is 2.38 bits per heavy atom. The van der Waals surface area contributed by atoms with Crippen LogP contribution in [0.2, 0.25) is 0 Å². The van der Waals surface area contributed by atoms with Crippen molar-refractivity contribution >= 4 is 60.4 Å². The molecule has 1 aromatic carbocycles. The molecule has 3 rings (SSSR count). The number of rotatable bonds is 8. The third kappa shape index (κ3) is 5.65. The molecule has 1 aromatic heterocycles. The summed E-state index contributed by atoms with van der Waals surface area (Å²) in [6.07, 6.45) is 0. The Morgan fingerprint density at radius 2 is 1.78 bits per heavy atom. The number of hydrogen-bond acceptors (Lipinski definition) is 9. The maximum absolute atomic E-state index is 12.8. The number of nitro groups is 1. The van der Waals surface area contributed by atoms with Crippen LogP contribution in [0, 0.1) is 17.0 Å². The van der Waals surface area contributed by atoms with Gasteiger partial charge < -0.3 is 5.32 Å². The summed E-state index contributed by atoms with van der Waals surface area (Å²) < 4.78 is 53.9. The van der Waals surface area contributed by atoms with E-state index in [9.17, 15) is 31.7 Å². The van der Waals surface area contributed by atoms with Gasteiger partial charge in [0.15, 0.2) is 0 Å². The second kappa shape index (κ2) is 9.84. The molecule has 0 atom stereocenters. The third-order valence-corrected chi connectivity index (χ3v) is 10.3. The Morgan fingerprint density at radius 1 is 1.16 bits per heavy atom. The Kier molecular flexibility index (Phi) is 7.57. The van der Waals surface area contributed by atoms with Gasteiger partial charge >= 0.3 is 0 Å². The molecule has 2 N–H and O–H groups in total. The highest BCUT2D eigenvalue weighted by Crippen LogP contribution is 2.32. The molecular weight excluding hydrogens is 500 g/mol. The molecule has 174 valence electrons. The molecule has 1 aliphatic heterocycles. The largest absolute Gasteiger partial charge is 0.324 e. The van der Waals surface area contributed by atoms with E-state index in [1.165, 1.54) is 10.4 Å². The van der Waals surface area contributed by atoms with Crippen LogP contribution in [0.15, 0.2) is 39.4 Å². The number of thioether (sulfide) groups is 1. The minimum atomic E-state index is -4.07. The van der Waals surface area contributed by atoms with E-state index in [-0.39, 0.29) is 14.8 Å². The maximum Gasteiger partial charge on any atom is 0.269 e. The number of amides is 1. The topological polar surface area (TPSA) is 156 Å². The lowest BCUT2D eigenvalue weighted by Crippen LogP contribution is -2.37. The SMILES string of the molecule is Cc1sc(S(=O)(=O)N2CCSCC2)cc1NC(=O)CNS(=O)(=O)c1ccc([N+](=O)[O-])cc1. The summed E-state index contributed by atoms with van der Waals surface area (Å²) in [6.45, 7) is 1.92. The maximum atomic E-state index is 12.8. The second-order valence-corrected chi connectivity index (χ2v) is 13.1. The molecular formula is C17H20N4O7S4. The number of thiophene rings is 1. The van der Waals surface area contributed by atoms with Crippen molar-refractivity contribution < 1.29 is 26.6 Å². The first-order valence-corrected chi connectivity index (χ1v) is 14.1. The van der Waals surface area contributed by atoms with Crippen LogP contribution in [-0.2, 0) is 24.8 Å². The van der Waals surface area contributed by atoms with Crippen molar-refractivity contribution in [3.05, 3.63) is 45.3 Å². The molecule has 0 aliphatic carbocycles. The van der Waals surface area contributed by atoms with Crippen LogP contribution < -0.4 is 10.0 Å². The number of non-ortho nitro benzene ring substituents is 1. The summed E-state index contributed by atoms with van der Waals surface area (Å²) >= 11 is 2.72. The number of hydrogen-bond donors (Lipinski definition) is 2. The standard InChI is InChI=1S/C17H20N4O7S4/c1-12-15(10-17(30-12)32(27,28)20-6-8-29-9-7-20)19-16(22)11-18-31(25,26)14-4-2-13(3-5-14)21(23)24/h2-5,10,18H,6-9,11H2,1H3,(H,19,22). The van der Waals surface area contributed by atoms with Gasteiger partial charge in [-0.3, -0.25) is 14.9 Å². The smallest absolute Gasteiger partial charge is 0.269 e. The zero-order chi connectivity index (χ0) is 23.5. The molecule has 0 spiro atoms. The van der Waals surface area contributed by atoms with Crippen molar-refractivity contribution in [2.45, 2.75) is 16.0 Å². The average Bonchev–Trinajstić information content (AvgIpc) is 3.14. The second-order valence-electron chi connectivity index (χ2n) is 6.68. The normalized spacial score (nSPS) is 15.4. The number of sulfonamides is 2. The molecule has 1 amide bonds. The first-order chi connectivity index (χ1) is 15.0. The van der Waals surface area contributed by atoms with Crippen LogP contribution in [-0.4, -0.2) is 63.1 Å². The van der Waals surface area contributed by atoms with Crippen molar-refractivity contribution in [2.75, 3.05) is 36.5 Å². The van der Waals surface area contributed by atoms with Gasteiger partial charge in [0.1, 0.15) is 4.21 Å². The number of carbonyl (C=O) groups is 1. The van der Waals surface area contributed by atoms with Crippen LogP contribution in [0.1, 0.15) is 4.88 Å². The van der Waals surface area contributed by atoms with E-state index in [1.807, 2.05) is 0 Å². The number of nitro benzene ring substituents is 1. The van der Waals surface area contributed by atoms with Gasteiger partial charge in [-0.25, -0.2) is 21.6 Å². The number of anilines is 1. The lowest BCUT2D eigenvalue weighted by molar-refractivity contribution is -0.384. The molecule has 1 saturated heterocycles. The highest BCUT2D eigenvalue weighted by atomic mass is 32.2. The predicted molar refractivity (Wildman–Crippen MR) is 122 cm³/mol. The van der Waals surface area contributed by atoms with E-state index < -0.39 is 37.4 Å². The zero-order valence-electron chi connectivity index (χ0n) is 16.8. The number of benzene rings is 1. The van der Waals surface area contributed by atoms with Crippen LogP contribution in [0.3, 0.4) is 0 Å². The molecule has 0 saturated carbocycles. The lowest BCUT2D eigenvalue weighted by Gasteiger charge is -2.24.